The third-order valence-electron chi connectivity index (χ3n) is 3.12. The lowest BCUT2D eigenvalue weighted by molar-refractivity contribution is -0.146. The predicted molar refractivity (Wildman–Crippen MR) is 71.2 cm³/mol. The van der Waals surface area contributed by atoms with Gasteiger partial charge in [0.25, 0.3) is 0 Å². The Kier molecular flexibility index (Phi) is 6.09. The standard InChI is InChI=1S/C14H27NO3/c1-14(2,3)9-12(15)8-13(16)18-10-11-4-6-17-7-5-11/h11-12H,4-10,15H2,1-3H3. The second kappa shape index (κ2) is 7.10. The van der Waals surface area contributed by atoms with E-state index in [1.54, 1.807) is 0 Å². The van der Waals surface area contributed by atoms with Gasteiger partial charge in [-0.15, -0.1) is 0 Å². The van der Waals surface area contributed by atoms with Crippen LogP contribution in [0, 0.1) is 11.3 Å². The quantitative estimate of drug-likeness (QED) is 0.766. The molecule has 1 aliphatic heterocycles. The fourth-order valence-electron chi connectivity index (χ4n) is 2.26. The van der Waals surface area contributed by atoms with Crippen molar-refractivity contribution < 1.29 is 14.3 Å². The highest BCUT2D eigenvalue weighted by molar-refractivity contribution is 5.70. The Morgan fingerprint density at radius 2 is 2.00 bits per heavy atom. The summed E-state index contributed by atoms with van der Waals surface area (Å²) in [5.41, 5.74) is 6.10. The summed E-state index contributed by atoms with van der Waals surface area (Å²) in [5, 5.41) is 0. The molecule has 1 heterocycles. The Bertz CT molecular complexity index is 254. The van der Waals surface area contributed by atoms with Crippen LogP contribution in [0.4, 0.5) is 0 Å². The highest BCUT2D eigenvalue weighted by Crippen LogP contribution is 2.21. The van der Waals surface area contributed by atoms with Crippen LogP contribution in [0.15, 0.2) is 0 Å². The average molecular weight is 257 g/mol. The van der Waals surface area contributed by atoms with Crippen LogP contribution in [0.2, 0.25) is 0 Å². The van der Waals surface area contributed by atoms with Crippen molar-refractivity contribution in [3.8, 4) is 0 Å². The van der Waals surface area contributed by atoms with Gasteiger partial charge in [-0.2, -0.15) is 0 Å². The summed E-state index contributed by atoms with van der Waals surface area (Å²) in [6.45, 7) is 8.46. The molecule has 1 aliphatic rings. The van der Waals surface area contributed by atoms with Gasteiger partial charge in [-0.05, 0) is 30.6 Å². The second-order valence-electron chi connectivity index (χ2n) is 6.47. The largest absolute Gasteiger partial charge is 0.465 e. The first-order chi connectivity index (χ1) is 8.37. The van der Waals surface area contributed by atoms with E-state index in [4.69, 9.17) is 15.2 Å². The molecule has 0 amide bonds. The van der Waals surface area contributed by atoms with Crippen molar-refractivity contribution in [2.75, 3.05) is 19.8 Å². The zero-order chi connectivity index (χ0) is 13.6. The molecule has 4 nitrogen and oxygen atoms in total. The van der Waals surface area contributed by atoms with E-state index < -0.39 is 0 Å². The predicted octanol–water partition coefficient (Wildman–Crippen LogP) is 2.11. The lowest BCUT2D eigenvalue weighted by Gasteiger charge is -2.24. The molecule has 0 radical (unpaired) electrons. The minimum Gasteiger partial charge on any atom is -0.465 e. The summed E-state index contributed by atoms with van der Waals surface area (Å²) in [4.78, 5) is 11.6. The molecule has 1 saturated heterocycles. The molecular weight excluding hydrogens is 230 g/mol. The molecule has 0 aromatic rings. The number of carbonyl (C=O) groups excluding carboxylic acids is 1. The van der Waals surface area contributed by atoms with Crippen LogP contribution in [0.25, 0.3) is 0 Å². The molecule has 0 bridgehead atoms. The van der Waals surface area contributed by atoms with E-state index in [9.17, 15) is 4.79 Å². The van der Waals surface area contributed by atoms with Crippen LogP contribution in [-0.4, -0.2) is 31.8 Å². The Morgan fingerprint density at radius 3 is 2.56 bits per heavy atom. The fourth-order valence-corrected chi connectivity index (χ4v) is 2.26. The maximum Gasteiger partial charge on any atom is 0.307 e. The van der Waals surface area contributed by atoms with Gasteiger partial charge in [0.1, 0.15) is 0 Å². The maximum absolute atomic E-state index is 11.6. The van der Waals surface area contributed by atoms with Crippen LogP contribution in [-0.2, 0) is 14.3 Å². The van der Waals surface area contributed by atoms with Crippen molar-refractivity contribution in [3.63, 3.8) is 0 Å². The molecule has 1 fully saturated rings. The molecule has 0 aliphatic carbocycles. The average Bonchev–Trinajstić information content (AvgIpc) is 2.25. The summed E-state index contributed by atoms with van der Waals surface area (Å²) >= 11 is 0. The number of rotatable bonds is 5. The molecule has 1 unspecified atom stereocenters. The Balaban J connectivity index is 2.16. The molecule has 0 aromatic carbocycles. The van der Waals surface area contributed by atoms with Gasteiger partial charge in [0.2, 0.25) is 0 Å². The van der Waals surface area contributed by atoms with Gasteiger partial charge in [0.05, 0.1) is 13.0 Å². The minimum atomic E-state index is -0.168. The normalized spacial score (nSPS) is 19.6. The molecule has 1 atom stereocenters. The zero-order valence-electron chi connectivity index (χ0n) is 11.9. The van der Waals surface area contributed by atoms with Crippen molar-refractivity contribution in [2.24, 2.45) is 17.1 Å². The van der Waals surface area contributed by atoms with Gasteiger partial charge in [0, 0.05) is 19.3 Å². The number of carbonyl (C=O) groups is 1. The lowest BCUT2D eigenvalue weighted by Crippen LogP contribution is -2.30. The van der Waals surface area contributed by atoms with Crippen molar-refractivity contribution in [1.29, 1.82) is 0 Å². The van der Waals surface area contributed by atoms with Gasteiger partial charge < -0.3 is 15.2 Å². The van der Waals surface area contributed by atoms with E-state index in [-0.39, 0.29) is 17.4 Å². The monoisotopic (exact) mass is 257 g/mol. The highest BCUT2D eigenvalue weighted by atomic mass is 16.5. The van der Waals surface area contributed by atoms with Crippen molar-refractivity contribution in [2.45, 2.75) is 52.5 Å². The van der Waals surface area contributed by atoms with Gasteiger partial charge in [-0.3, -0.25) is 4.79 Å². The SMILES string of the molecule is CC(C)(C)CC(N)CC(=O)OCC1CCOCC1. The number of ether oxygens (including phenoxy) is 2. The topological polar surface area (TPSA) is 61.6 Å². The smallest absolute Gasteiger partial charge is 0.307 e. The van der Waals surface area contributed by atoms with Crippen LogP contribution in [0.1, 0.15) is 46.5 Å². The van der Waals surface area contributed by atoms with E-state index in [0.717, 1.165) is 32.5 Å². The number of hydrogen-bond donors (Lipinski definition) is 1. The van der Waals surface area contributed by atoms with Crippen LogP contribution in [0.5, 0.6) is 0 Å². The minimum absolute atomic E-state index is 0.104. The van der Waals surface area contributed by atoms with Crippen molar-refractivity contribution in [3.05, 3.63) is 0 Å². The van der Waals surface area contributed by atoms with E-state index in [0.29, 0.717) is 18.9 Å². The summed E-state index contributed by atoms with van der Waals surface area (Å²) in [5.74, 6) is 0.291. The van der Waals surface area contributed by atoms with Gasteiger partial charge in [0.15, 0.2) is 0 Å². The summed E-state index contributed by atoms with van der Waals surface area (Å²) in [6, 6.07) is -0.104. The van der Waals surface area contributed by atoms with Gasteiger partial charge in [-0.25, -0.2) is 0 Å². The summed E-state index contributed by atoms with van der Waals surface area (Å²) in [7, 11) is 0. The molecule has 1 rings (SSSR count). The van der Waals surface area contributed by atoms with Gasteiger partial charge >= 0.3 is 5.97 Å². The number of hydrogen-bond acceptors (Lipinski definition) is 4. The summed E-state index contributed by atoms with van der Waals surface area (Å²) in [6.07, 6.45) is 3.13. The lowest BCUT2D eigenvalue weighted by atomic mass is 9.87. The summed E-state index contributed by atoms with van der Waals surface area (Å²) < 4.78 is 10.6. The van der Waals surface area contributed by atoms with Crippen molar-refractivity contribution in [1.82, 2.24) is 0 Å². The Hall–Kier alpha value is -0.610. The van der Waals surface area contributed by atoms with Crippen LogP contribution in [0.3, 0.4) is 0 Å². The molecule has 2 N–H and O–H groups in total. The van der Waals surface area contributed by atoms with Crippen LogP contribution < -0.4 is 5.73 Å². The third-order valence-corrected chi connectivity index (χ3v) is 3.12. The molecule has 0 saturated carbocycles. The van der Waals surface area contributed by atoms with E-state index in [2.05, 4.69) is 20.8 Å². The molecular formula is C14H27NO3. The van der Waals surface area contributed by atoms with E-state index in [1.165, 1.54) is 0 Å². The Labute approximate surface area is 110 Å². The number of nitrogens with two attached hydrogens (primary N) is 1. The van der Waals surface area contributed by atoms with Crippen LogP contribution >= 0.6 is 0 Å². The zero-order valence-corrected chi connectivity index (χ0v) is 11.9. The highest BCUT2D eigenvalue weighted by Gasteiger charge is 2.20. The third kappa shape index (κ3) is 6.97. The molecule has 4 heteroatoms. The molecule has 0 spiro atoms. The van der Waals surface area contributed by atoms with E-state index in [1.807, 2.05) is 0 Å². The fraction of sp³-hybridized carbons (Fsp3) is 0.929. The first-order valence-electron chi connectivity index (χ1n) is 6.86. The Morgan fingerprint density at radius 1 is 1.39 bits per heavy atom. The maximum atomic E-state index is 11.6. The molecule has 0 aromatic heterocycles. The molecule has 18 heavy (non-hydrogen) atoms. The first-order valence-corrected chi connectivity index (χ1v) is 6.86. The first kappa shape index (κ1) is 15.4. The van der Waals surface area contributed by atoms with Crippen molar-refractivity contribution >= 4 is 5.97 Å². The number of esters is 1. The van der Waals surface area contributed by atoms with Gasteiger partial charge in [-0.1, -0.05) is 20.8 Å². The molecule has 106 valence electrons. The van der Waals surface area contributed by atoms with E-state index >= 15 is 0 Å². The second-order valence-corrected chi connectivity index (χ2v) is 6.47.